The van der Waals surface area contributed by atoms with E-state index in [4.69, 9.17) is 5.73 Å². The van der Waals surface area contributed by atoms with Crippen molar-refractivity contribution in [2.45, 2.75) is 13.8 Å². The summed E-state index contributed by atoms with van der Waals surface area (Å²) in [7, 11) is 0. The van der Waals surface area contributed by atoms with E-state index in [1.165, 1.54) is 0 Å². The molecule has 2 amide bonds. The van der Waals surface area contributed by atoms with Crippen LogP contribution in [0.2, 0.25) is 0 Å². The minimum atomic E-state index is -1.09. The number of anilines is 1. The average Bonchev–Trinajstić information content (AvgIpc) is 2.91. The van der Waals surface area contributed by atoms with Crippen molar-refractivity contribution in [1.29, 1.82) is 0 Å². The molecular weight excluding hydrogens is 432 g/mol. The van der Waals surface area contributed by atoms with Crippen LogP contribution in [0.5, 0.6) is 0 Å². The molecule has 0 saturated carbocycles. The van der Waals surface area contributed by atoms with Crippen molar-refractivity contribution in [3.8, 4) is 5.69 Å². The Labute approximate surface area is 168 Å². The van der Waals surface area contributed by atoms with E-state index in [1.54, 1.807) is 13.0 Å². The van der Waals surface area contributed by atoms with Gasteiger partial charge in [-0.1, -0.05) is 22.0 Å². The maximum Gasteiger partial charge on any atom is 0.257 e. The molecule has 0 bridgehead atoms. The monoisotopic (exact) mass is 447 g/mol. The summed E-state index contributed by atoms with van der Waals surface area (Å²) in [5.41, 5.74) is 6.87. The van der Waals surface area contributed by atoms with E-state index in [1.807, 2.05) is 35.8 Å². The zero-order chi connectivity index (χ0) is 20.6. The largest absolute Gasteiger partial charge is 0.366 e. The lowest BCUT2D eigenvalue weighted by Crippen LogP contribution is -2.17. The molecule has 0 atom stereocenters. The molecular formula is C20H16BrF2N3O2. The minimum absolute atomic E-state index is 0.321. The summed E-state index contributed by atoms with van der Waals surface area (Å²) < 4.78 is 30.4. The van der Waals surface area contributed by atoms with Crippen LogP contribution in [0.4, 0.5) is 14.5 Å². The highest BCUT2D eigenvalue weighted by Gasteiger charge is 2.20. The summed E-state index contributed by atoms with van der Waals surface area (Å²) in [5.74, 6) is -3.73. The van der Waals surface area contributed by atoms with Crippen LogP contribution in [-0.4, -0.2) is 16.4 Å². The zero-order valence-electron chi connectivity index (χ0n) is 15.0. The van der Waals surface area contributed by atoms with Crippen LogP contribution in [0.1, 0.15) is 32.1 Å². The predicted molar refractivity (Wildman–Crippen MR) is 106 cm³/mol. The van der Waals surface area contributed by atoms with Gasteiger partial charge in [0.1, 0.15) is 11.6 Å². The molecule has 3 N–H and O–H groups in total. The molecule has 0 radical (unpaired) electrons. The summed E-state index contributed by atoms with van der Waals surface area (Å²) in [6.07, 6.45) is 0. The van der Waals surface area contributed by atoms with E-state index in [-0.39, 0.29) is 5.69 Å². The highest BCUT2D eigenvalue weighted by atomic mass is 79.9. The molecule has 144 valence electrons. The van der Waals surface area contributed by atoms with Crippen molar-refractivity contribution in [2.75, 3.05) is 5.32 Å². The molecule has 3 aromatic rings. The lowest BCUT2D eigenvalue weighted by atomic mass is 10.1. The molecule has 5 nitrogen and oxygen atoms in total. The number of nitrogens with two attached hydrogens (primary N) is 1. The van der Waals surface area contributed by atoms with Gasteiger partial charge >= 0.3 is 0 Å². The van der Waals surface area contributed by atoms with Gasteiger partial charge in [0.2, 0.25) is 0 Å². The first-order valence-electron chi connectivity index (χ1n) is 8.24. The number of primary amides is 1. The summed E-state index contributed by atoms with van der Waals surface area (Å²) in [6, 6.07) is 10.6. The summed E-state index contributed by atoms with van der Waals surface area (Å²) in [4.78, 5) is 24.0. The summed E-state index contributed by atoms with van der Waals surface area (Å²) in [5, 5.41) is 2.38. The molecule has 0 aliphatic heterocycles. The number of aromatic nitrogens is 1. The topological polar surface area (TPSA) is 77.1 Å². The Balaban J connectivity index is 1.98. The number of nitrogens with zero attached hydrogens (tertiary/aromatic N) is 1. The van der Waals surface area contributed by atoms with E-state index in [9.17, 15) is 18.4 Å². The highest BCUT2D eigenvalue weighted by Crippen LogP contribution is 2.25. The Morgan fingerprint density at radius 3 is 2.39 bits per heavy atom. The molecule has 1 heterocycles. The molecule has 2 aromatic carbocycles. The third kappa shape index (κ3) is 3.68. The van der Waals surface area contributed by atoms with Gasteiger partial charge in [0.25, 0.3) is 11.8 Å². The molecule has 28 heavy (non-hydrogen) atoms. The Hall–Kier alpha value is -3.00. The fourth-order valence-electron chi connectivity index (χ4n) is 3.03. The predicted octanol–water partition coefficient (Wildman–Crippen LogP) is 4.49. The van der Waals surface area contributed by atoms with Crippen LogP contribution >= 0.6 is 15.9 Å². The second-order valence-corrected chi connectivity index (χ2v) is 7.15. The van der Waals surface area contributed by atoms with Crippen LogP contribution in [0.15, 0.2) is 46.9 Å². The standard InChI is InChI=1S/C20H16BrF2N3O2/c1-10-6-14(11(2)26(10)13-5-3-4-12(21)7-13)20(28)25-18-8-15(19(24)27)16(22)9-17(18)23/h3-9H,1-2H3,(H2,24,27)(H,25,28). The Morgan fingerprint density at radius 2 is 1.75 bits per heavy atom. The number of hydrogen-bond acceptors (Lipinski definition) is 2. The van der Waals surface area contributed by atoms with Crippen molar-refractivity contribution < 1.29 is 18.4 Å². The third-order valence-corrected chi connectivity index (χ3v) is 4.81. The van der Waals surface area contributed by atoms with Gasteiger partial charge in [-0.3, -0.25) is 9.59 Å². The van der Waals surface area contributed by atoms with Gasteiger partial charge in [0.05, 0.1) is 16.8 Å². The van der Waals surface area contributed by atoms with Gasteiger partial charge < -0.3 is 15.6 Å². The van der Waals surface area contributed by atoms with Crippen molar-refractivity contribution in [3.05, 3.63) is 81.1 Å². The molecule has 0 unspecified atom stereocenters. The smallest absolute Gasteiger partial charge is 0.257 e. The van der Waals surface area contributed by atoms with Gasteiger partial charge in [-0.2, -0.15) is 0 Å². The molecule has 0 saturated heterocycles. The van der Waals surface area contributed by atoms with Gasteiger partial charge in [-0.15, -0.1) is 0 Å². The quantitative estimate of drug-likeness (QED) is 0.618. The fourth-order valence-corrected chi connectivity index (χ4v) is 3.42. The van der Waals surface area contributed by atoms with E-state index in [2.05, 4.69) is 21.2 Å². The zero-order valence-corrected chi connectivity index (χ0v) is 16.6. The number of amides is 2. The van der Waals surface area contributed by atoms with Crippen molar-refractivity contribution in [1.82, 2.24) is 4.57 Å². The number of carbonyl (C=O) groups excluding carboxylic acids is 2. The molecule has 0 aliphatic rings. The van der Waals surface area contributed by atoms with Crippen molar-refractivity contribution in [3.63, 3.8) is 0 Å². The molecule has 0 fully saturated rings. The van der Waals surface area contributed by atoms with E-state index in [0.29, 0.717) is 17.3 Å². The van der Waals surface area contributed by atoms with E-state index in [0.717, 1.165) is 21.9 Å². The fraction of sp³-hybridized carbons (Fsp3) is 0.100. The number of benzene rings is 2. The molecule has 1 aromatic heterocycles. The van der Waals surface area contributed by atoms with Crippen LogP contribution < -0.4 is 11.1 Å². The SMILES string of the molecule is Cc1cc(C(=O)Nc2cc(C(N)=O)c(F)cc2F)c(C)n1-c1cccc(Br)c1. The second-order valence-electron chi connectivity index (χ2n) is 6.23. The number of halogens is 3. The second kappa shape index (κ2) is 7.55. The van der Waals surface area contributed by atoms with Gasteiger partial charge in [0.15, 0.2) is 0 Å². The number of rotatable bonds is 4. The van der Waals surface area contributed by atoms with Crippen LogP contribution in [-0.2, 0) is 0 Å². The number of hydrogen-bond donors (Lipinski definition) is 2. The number of nitrogens with one attached hydrogen (secondary N) is 1. The Kier molecular flexibility index (Phi) is 5.33. The van der Waals surface area contributed by atoms with Crippen LogP contribution in [0.25, 0.3) is 5.69 Å². The Bertz CT molecular complexity index is 1110. The van der Waals surface area contributed by atoms with E-state index >= 15 is 0 Å². The highest BCUT2D eigenvalue weighted by molar-refractivity contribution is 9.10. The molecule has 3 rings (SSSR count). The Morgan fingerprint density at radius 1 is 1.04 bits per heavy atom. The number of carbonyl (C=O) groups is 2. The minimum Gasteiger partial charge on any atom is -0.366 e. The molecule has 8 heteroatoms. The maximum absolute atomic E-state index is 14.0. The van der Waals surface area contributed by atoms with Gasteiger partial charge in [-0.25, -0.2) is 8.78 Å². The lowest BCUT2D eigenvalue weighted by molar-refractivity contribution is 0.0992. The summed E-state index contributed by atoms with van der Waals surface area (Å²) in [6.45, 7) is 3.60. The van der Waals surface area contributed by atoms with Crippen molar-refractivity contribution in [2.24, 2.45) is 5.73 Å². The van der Waals surface area contributed by atoms with Crippen molar-refractivity contribution >= 4 is 33.4 Å². The maximum atomic E-state index is 14.0. The number of aryl methyl sites for hydroxylation is 1. The van der Waals surface area contributed by atoms with Gasteiger partial charge in [0, 0.05) is 27.6 Å². The van der Waals surface area contributed by atoms with Crippen LogP contribution in [0.3, 0.4) is 0 Å². The molecule has 0 aliphatic carbocycles. The third-order valence-electron chi connectivity index (χ3n) is 4.31. The first kappa shape index (κ1) is 19.8. The summed E-state index contributed by atoms with van der Waals surface area (Å²) >= 11 is 3.42. The first-order chi connectivity index (χ1) is 13.2. The molecule has 0 spiro atoms. The van der Waals surface area contributed by atoms with E-state index < -0.39 is 29.0 Å². The average molecular weight is 448 g/mol. The first-order valence-corrected chi connectivity index (χ1v) is 9.03. The normalized spacial score (nSPS) is 10.8. The van der Waals surface area contributed by atoms with Crippen LogP contribution in [0, 0.1) is 25.5 Å². The lowest BCUT2D eigenvalue weighted by Gasteiger charge is -2.11. The van der Waals surface area contributed by atoms with Gasteiger partial charge in [-0.05, 0) is 44.2 Å².